The topological polar surface area (TPSA) is 23.9 Å². The lowest BCUT2D eigenvalue weighted by Gasteiger charge is -2.14. The first-order chi connectivity index (χ1) is 5.20. The van der Waals surface area contributed by atoms with Gasteiger partial charge in [-0.1, -0.05) is 13.8 Å². The molecule has 1 atom stereocenters. The Balaban J connectivity index is 3.48. The van der Waals surface area contributed by atoms with Gasteiger partial charge < -0.3 is 5.41 Å². The Hall–Kier alpha value is 0.370. The van der Waals surface area contributed by atoms with E-state index in [-0.39, 0.29) is 0 Å². The molecular weight excluding hydrogens is 174 g/mol. The van der Waals surface area contributed by atoms with E-state index in [0.717, 1.165) is 16.9 Å². The highest BCUT2D eigenvalue weighted by molar-refractivity contribution is 8.12. The number of nitrogens with one attached hydrogen (secondary N) is 1. The van der Waals surface area contributed by atoms with Crippen molar-refractivity contribution in [1.29, 1.82) is 5.41 Å². The maximum absolute atomic E-state index is 6.88. The Bertz CT molecular complexity index is 104. The standard InChI is InChI=1S/C8H17NS2/c1-7(2)4-8(10-3)5-11-6-9/h6-9H,4-5H2,1-3H3. The van der Waals surface area contributed by atoms with Crippen LogP contribution in [0, 0.1) is 11.3 Å². The van der Waals surface area contributed by atoms with Crippen LogP contribution in [-0.2, 0) is 0 Å². The van der Waals surface area contributed by atoms with Crippen LogP contribution in [0.2, 0.25) is 0 Å². The molecule has 3 heteroatoms. The maximum Gasteiger partial charge on any atom is 0.0506 e. The molecular formula is C8H17NS2. The van der Waals surface area contributed by atoms with Crippen molar-refractivity contribution in [3.8, 4) is 0 Å². The minimum Gasteiger partial charge on any atom is -0.302 e. The largest absolute Gasteiger partial charge is 0.302 e. The van der Waals surface area contributed by atoms with Gasteiger partial charge in [-0.15, -0.1) is 11.8 Å². The summed E-state index contributed by atoms with van der Waals surface area (Å²) < 4.78 is 0. The summed E-state index contributed by atoms with van der Waals surface area (Å²) in [4.78, 5) is 0. The molecule has 1 nitrogen and oxygen atoms in total. The van der Waals surface area contributed by atoms with Crippen molar-refractivity contribution in [2.24, 2.45) is 5.92 Å². The van der Waals surface area contributed by atoms with Crippen LogP contribution in [0.3, 0.4) is 0 Å². The molecule has 0 heterocycles. The first-order valence-electron chi connectivity index (χ1n) is 3.84. The van der Waals surface area contributed by atoms with Gasteiger partial charge in [0, 0.05) is 11.0 Å². The molecule has 0 spiro atoms. The van der Waals surface area contributed by atoms with E-state index in [9.17, 15) is 0 Å². The summed E-state index contributed by atoms with van der Waals surface area (Å²) in [5, 5.41) is 7.61. The Morgan fingerprint density at radius 2 is 2.09 bits per heavy atom. The smallest absolute Gasteiger partial charge is 0.0506 e. The number of hydrogen-bond acceptors (Lipinski definition) is 3. The van der Waals surface area contributed by atoms with Gasteiger partial charge in [0.25, 0.3) is 0 Å². The Morgan fingerprint density at radius 1 is 1.45 bits per heavy atom. The lowest BCUT2D eigenvalue weighted by molar-refractivity contribution is 0.588. The van der Waals surface area contributed by atoms with Crippen molar-refractivity contribution in [2.45, 2.75) is 25.5 Å². The van der Waals surface area contributed by atoms with Crippen LogP contribution < -0.4 is 0 Å². The number of hydrogen-bond donors (Lipinski definition) is 1. The lowest BCUT2D eigenvalue weighted by Crippen LogP contribution is -2.09. The molecule has 0 aromatic carbocycles. The van der Waals surface area contributed by atoms with Gasteiger partial charge in [0.1, 0.15) is 0 Å². The Labute approximate surface area is 78.2 Å². The highest BCUT2D eigenvalue weighted by Crippen LogP contribution is 2.19. The van der Waals surface area contributed by atoms with Gasteiger partial charge in [-0.05, 0) is 18.6 Å². The molecule has 0 rings (SSSR count). The van der Waals surface area contributed by atoms with Gasteiger partial charge in [-0.3, -0.25) is 0 Å². The first-order valence-corrected chi connectivity index (χ1v) is 6.17. The summed E-state index contributed by atoms with van der Waals surface area (Å²) in [6.07, 6.45) is 3.42. The zero-order valence-electron chi connectivity index (χ0n) is 7.46. The Morgan fingerprint density at radius 3 is 2.45 bits per heavy atom. The minimum absolute atomic E-state index is 0.724. The highest BCUT2D eigenvalue weighted by atomic mass is 32.2. The minimum atomic E-state index is 0.724. The van der Waals surface area contributed by atoms with E-state index in [1.807, 2.05) is 11.8 Å². The van der Waals surface area contributed by atoms with Gasteiger partial charge in [-0.25, -0.2) is 0 Å². The third kappa shape index (κ3) is 6.76. The zero-order valence-corrected chi connectivity index (χ0v) is 9.10. The normalized spacial score (nSPS) is 13.5. The fourth-order valence-corrected chi connectivity index (χ4v) is 2.72. The van der Waals surface area contributed by atoms with Crippen molar-refractivity contribution in [3.05, 3.63) is 0 Å². The van der Waals surface area contributed by atoms with Crippen LogP contribution in [0.1, 0.15) is 20.3 Å². The summed E-state index contributed by atoms with van der Waals surface area (Å²) in [6.45, 7) is 4.50. The molecule has 0 radical (unpaired) electrons. The molecule has 66 valence electrons. The van der Waals surface area contributed by atoms with E-state index in [0.29, 0.717) is 0 Å². The van der Waals surface area contributed by atoms with E-state index in [4.69, 9.17) is 5.41 Å². The van der Waals surface area contributed by atoms with Gasteiger partial charge >= 0.3 is 0 Å². The van der Waals surface area contributed by atoms with E-state index in [1.165, 1.54) is 12.0 Å². The van der Waals surface area contributed by atoms with Crippen LogP contribution in [-0.4, -0.2) is 22.8 Å². The van der Waals surface area contributed by atoms with Gasteiger partial charge in [0.15, 0.2) is 0 Å². The van der Waals surface area contributed by atoms with E-state index in [1.54, 1.807) is 11.8 Å². The third-order valence-electron chi connectivity index (χ3n) is 1.43. The molecule has 11 heavy (non-hydrogen) atoms. The summed E-state index contributed by atoms with van der Waals surface area (Å²) >= 11 is 3.52. The van der Waals surface area contributed by atoms with E-state index < -0.39 is 0 Å². The summed E-state index contributed by atoms with van der Waals surface area (Å²) in [5.41, 5.74) is 1.43. The van der Waals surface area contributed by atoms with Crippen LogP contribution in [0.5, 0.6) is 0 Å². The summed E-state index contributed by atoms with van der Waals surface area (Å²) in [7, 11) is 0. The predicted octanol–water partition coefficient (Wildman–Crippen LogP) is 3.10. The van der Waals surface area contributed by atoms with Crippen molar-refractivity contribution in [3.63, 3.8) is 0 Å². The summed E-state index contributed by atoms with van der Waals surface area (Å²) in [5.74, 6) is 1.86. The molecule has 0 saturated carbocycles. The molecule has 1 unspecified atom stereocenters. The molecule has 0 amide bonds. The predicted molar refractivity (Wildman–Crippen MR) is 58.0 cm³/mol. The lowest BCUT2D eigenvalue weighted by atomic mass is 10.1. The average Bonchev–Trinajstić information content (AvgIpc) is 1.97. The molecule has 0 aromatic heterocycles. The molecule has 0 aliphatic carbocycles. The summed E-state index contributed by atoms with van der Waals surface area (Å²) in [6, 6.07) is 0. The van der Waals surface area contributed by atoms with Crippen LogP contribution in [0.25, 0.3) is 0 Å². The van der Waals surface area contributed by atoms with E-state index >= 15 is 0 Å². The van der Waals surface area contributed by atoms with E-state index in [2.05, 4.69) is 20.1 Å². The monoisotopic (exact) mass is 191 g/mol. The molecule has 1 N–H and O–H groups in total. The van der Waals surface area contributed by atoms with Gasteiger partial charge in [-0.2, -0.15) is 11.8 Å². The number of thioether (sulfide) groups is 2. The second-order valence-corrected chi connectivity index (χ2v) is 4.98. The fourth-order valence-electron chi connectivity index (χ4n) is 0.914. The van der Waals surface area contributed by atoms with Gasteiger partial charge in [0.05, 0.1) is 5.55 Å². The molecule has 0 bridgehead atoms. The average molecular weight is 191 g/mol. The van der Waals surface area contributed by atoms with Crippen molar-refractivity contribution >= 4 is 29.1 Å². The molecule has 0 saturated heterocycles. The van der Waals surface area contributed by atoms with Crippen LogP contribution >= 0.6 is 23.5 Å². The number of rotatable bonds is 6. The molecule has 0 aliphatic rings. The second-order valence-electron chi connectivity index (χ2n) is 2.94. The zero-order chi connectivity index (χ0) is 8.69. The fraction of sp³-hybridized carbons (Fsp3) is 0.875. The van der Waals surface area contributed by atoms with Gasteiger partial charge in [0.2, 0.25) is 0 Å². The Kier molecular flexibility index (Phi) is 7.28. The quantitative estimate of drug-likeness (QED) is 0.515. The van der Waals surface area contributed by atoms with Crippen molar-refractivity contribution in [1.82, 2.24) is 0 Å². The second kappa shape index (κ2) is 7.04. The van der Waals surface area contributed by atoms with Crippen molar-refractivity contribution < 1.29 is 0 Å². The molecule has 0 fully saturated rings. The molecule has 0 aromatic rings. The highest BCUT2D eigenvalue weighted by Gasteiger charge is 2.08. The first kappa shape index (κ1) is 11.4. The maximum atomic E-state index is 6.88. The van der Waals surface area contributed by atoms with Crippen LogP contribution in [0.4, 0.5) is 0 Å². The third-order valence-corrected chi connectivity index (χ3v) is 3.43. The van der Waals surface area contributed by atoms with Crippen LogP contribution in [0.15, 0.2) is 0 Å². The van der Waals surface area contributed by atoms with Crippen molar-refractivity contribution in [2.75, 3.05) is 12.0 Å². The molecule has 0 aliphatic heterocycles. The SMILES string of the molecule is CSC(CSC=N)CC(C)C.